The van der Waals surface area contributed by atoms with E-state index in [1.807, 2.05) is 48.5 Å². The summed E-state index contributed by atoms with van der Waals surface area (Å²) in [7, 11) is 0. The van der Waals surface area contributed by atoms with Gasteiger partial charge in [-0.2, -0.15) is 0 Å². The zero-order valence-corrected chi connectivity index (χ0v) is 11.1. The maximum Gasteiger partial charge on any atom is 0.162 e. The number of hydrogen-bond donors (Lipinski definition) is 0. The second kappa shape index (κ2) is 5.06. The fourth-order valence-corrected chi connectivity index (χ4v) is 2.55. The summed E-state index contributed by atoms with van der Waals surface area (Å²) in [4.78, 5) is 0. The predicted octanol–water partition coefficient (Wildman–Crippen LogP) is 3.99. The minimum absolute atomic E-state index is 0.0268. The number of ether oxygens (including phenoxy) is 2. The van der Waals surface area contributed by atoms with Gasteiger partial charge in [-0.3, -0.25) is 0 Å². The maximum absolute atomic E-state index is 6.23. The second-order valence-electron chi connectivity index (χ2n) is 4.94. The van der Waals surface area contributed by atoms with E-state index in [-0.39, 0.29) is 11.7 Å². The van der Waals surface area contributed by atoms with Crippen molar-refractivity contribution in [2.45, 2.75) is 25.0 Å². The van der Waals surface area contributed by atoms with Crippen LogP contribution >= 0.6 is 0 Å². The standard InChI is InChI=1S/C17H18O2/c1-2-17(19-15-11-7-4-8-12-15)13-18-16(17)14-9-5-3-6-10-14/h3-12,16H,2,13H2,1H3/t16-,17+/m1/s1. The largest absolute Gasteiger partial charge is 0.482 e. The summed E-state index contributed by atoms with van der Waals surface area (Å²) in [5.74, 6) is 0.911. The Morgan fingerprint density at radius 2 is 1.68 bits per heavy atom. The van der Waals surface area contributed by atoms with Crippen molar-refractivity contribution >= 4 is 0 Å². The minimum atomic E-state index is -0.233. The van der Waals surface area contributed by atoms with Gasteiger partial charge in [0.25, 0.3) is 0 Å². The first-order chi connectivity index (χ1) is 9.34. The van der Waals surface area contributed by atoms with E-state index in [9.17, 15) is 0 Å². The van der Waals surface area contributed by atoms with E-state index >= 15 is 0 Å². The van der Waals surface area contributed by atoms with Gasteiger partial charge < -0.3 is 9.47 Å². The molecule has 0 saturated carbocycles. The zero-order valence-electron chi connectivity index (χ0n) is 11.1. The summed E-state index contributed by atoms with van der Waals surface area (Å²) in [6.07, 6.45) is 0.959. The van der Waals surface area contributed by atoms with Gasteiger partial charge >= 0.3 is 0 Å². The molecule has 0 unspecified atom stereocenters. The molecule has 1 aliphatic rings. The fraction of sp³-hybridized carbons (Fsp3) is 0.294. The molecule has 2 aromatic carbocycles. The van der Waals surface area contributed by atoms with Crippen LogP contribution in [-0.4, -0.2) is 12.2 Å². The van der Waals surface area contributed by atoms with E-state index in [4.69, 9.17) is 9.47 Å². The average molecular weight is 254 g/mol. The third kappa shape index (κ3) is 2.24. The summed E-state index contributed by atoms with van der Waals surface area (Å²) < 4.78 is 12.0. The number of benzene rings is 2. The summed E-state index contributed by atoms with van der Waals surface area (Å²) in [6.45, 7) is 2.80. The van der Waals surface area contributed by atoms with Crippen LogP contribution in [0.25, 0.3) is 0 Å². The Hall–Kier alpha value is -1.80. The van der Waals surface area contributed by atoms with Gasteiger partial charge in [-0.05, 0) is 24.1 Å². The Morgan fingerprint density at radius 3 is 2.21 bits per heavy atom. The monoisotopic (exact) mass is 254 g/mol. The van der Waals surface area contributed by atoms with Gasteiger partial charge in [-0.15, -0.1) is 0 Å². The van der Waals surface area contributed by atoms with Crippen molar-refractivity contribution in [3.8, 4) is 5.75 Å². The van der Waals surface area contributed by atoms with Crippen molar-refractivity contribution in [3.05, 3.63) is 66.2 Å². The molecule has 0 N–H and O–H groups in total. The summed E-state index contributed by atoms with van der Waals surface area (Å²) in [6, 6.07) is 20.3. The third-order valence-corrected chi connectivity index (χ3v) is 3.74. The van der Waals surface area contributed by atoms with Crippen molar-refractivity contribution in [1.82, 2.24) is 0 Å². The topological polar surface area (TPSA) is 18.5 Å². The lowest BCUT2D eigenvalue weighted by Crippen LogP contribution is -2.56. The molecule has 0 spiro atoms. The van der Waals surface area contributed by atoms with Crippen molar-refractivity contribution in [3.63, 3.8) is 0 Å². The normalized spacial score (nSPS) is 25.6. The molecule has 0 aromatic heterocycles. The van der Waals surface area contributed by atoms with Gasteiger partial charge in [0, 0.05) is 0 Å². The number of rotatable bonds is 4. The van der Waals surface area contributed by atoms with Gasteiger partial charge in [0.2, 0.25) is 0 Å². The highest BCUT2D eigenvalue weighted by Gasteiger charge is 2.50. The second-order valence-corrected chi connectivity index (χ2v) is 4.94. The Balaban J connectivity index is 1.84. The van der Waals surface area contributed by atoms with E-state index in [2.05, 4.69) is 19.1 Å². The SMILES string of the molecule is CC[C@]1(Oc2ccccc2)CO[C@@H]1c1ccccc1. The molecule has 0 radical (unpaired) electrons. The summed E-state index contributed by atoms with van der Waals surface area (Å²) in [5.41, 5.74) is 0.953. The van der Waals surface area contributed by atoms with E-state index < -0.39 is 0 Å². The average Bonchev–Trinajstić information content (AvgIpc) is 2.46. The molecule has 2 nitrogen and oxygen atoms in total. The van der Waals surface area contributed by atoms with Gasteiger partial charge in [0.1, 0.15) is 11.9 Å². The summed E-state index contributed by atoms with van der Waals surface area (Å²) in [5, 5.41) is 0. The first-order valence-corrected chi connectivity index (χ1v) is 6.75. The van der Waals surface area contributed by atoms with Crippen molar-refractivity contribution < 1.29 is 9.47 Å². The third-order valence-electron chi connectivity index (χ3n) is 3.74. The van der Waals surface area contributed by atoms with Gasteiger partial charge in [0.05, 0.1) is 6.61 Å². The molecule has 2 atom stereocenters. The van der Waals surface area contributed by atoms with Gasteiger partial charge in [0.15, 0.2) is 5.60 Å². The fourth-order valence-electron chi connectivity index (χ4n) is 2.55. The van der Waals surface area contributed by atoms with Crippen molar-refractivity contribution in [2.75, 3.05) is 6.61 Å². The van der Waals surface area contributed by atoms with Crippen molar-refractivity contribution in [1.29, 1.82) is 0 Å². The van der Waals surface area contributed by atoms with E-state index in [1.165, 1.54) is 5.56 Å². The lowest BCUT2D eigenvalue weighted by Gasteiger charge is -2.48. The molecule has 0 aliphatic carbocycles. The first kappa shape index (κ1) is 12.2. The molecule has 1 heterocycles. The summed E-state index contributed by atoms with van der Waals surface area (Å²) >= 11 is 0. The Labute approximate surface area is 114 Å². The highest BCUT2D eigenvalue weighted by molar-refractivity contribution is 5.27. The predicted molar refractivity (Wildman–Crippen MR) is 75.2 cm³/mol. The van der Waals surface area contributed by atoms with Gasteiger partial charge in [-0.25, -0.2) is 0 Å². The van der Waals surface area contributed by atoms with E-state index in [1.54, 1.807) is 0 Å². The smallest absolute Gasteiger partial charge is 0.162 e. The Bertz CT molecular complexity index is 519. The Kier molecular flexibility index (Phi) is 3.26. The molecule has 98 valence electrons. The van der Waals surface area contributed by atoms with Crippen LogP contribution in [0.3, 0.4) is 0 Å². The van der Waals surface area contributed by atoms with Crippen LogP contribution in [0, 0.1) is 0 Å². The van der Waals surface area contributed by atoms with Crippen molar-refractivity contribution in [2.24, 2.45) is 0 Å². The molecular weight excluding hydrogens is 236 g/mol. The highest BCUT2D eigenvalue weighted by Crippen LogP contribution is 2.44. The maximum atomic E-state index is 6.23. The molecule has 3 rings (SSSR count). The Morgan fingerprint density at radius 1 is 1.05 bits per heavy atom. The molecule has 0 bridgehead atoms. The van der Waals surface area contributed by atoms with Crippen LogP contribution in [0.15, 0.2) is 60.7 Å². The van der Waals surface area contributed by atoms with Crippen LogP contribution in [0.4, 0.5) is 0 Å². The molecular formula is C17H18O2. The number of hydrogen-bond acceptors (Lipinski definition) is 2. The molecule has 19 heavy (non-hydrogen) atoms. The van der Waals surface area contributed by atoms with E-state index in [0.717, 1.165) is 12.2 Å². The lowest BCUT2D eigenvalue weighted by molar-refractivity contribution is -0.228. The molecule has 2 aromatic rings. The molecule has 1 saturated heterocycles. The van der Waals surface area contributed by atoms with Crippen LogP contribution < -0.4 is 4.74 Å². The quantitative estimate of drug-likeness (QED) is 0.821. The minimum Gasteiger partial charge on any atom is -0.482 e. The van der Waals surface area contributed by atoms with Gasteiger partial charge in [-0.1, -0.05) is 55.5 Å². The van der Waals surface area contributed by atoms with Crippen LogP contribution in [0.1, 0.15) is 25.0 Å². The highest BCUT2D eigenvalue weighted by atomic mass is 16.6. The van der Waals surface area contributed by atoms with E-state index in [0.29, 0.717) is 6.61 Å². The molecule has 1 aliphatic heterocycles. The van der Waals surface area contributed by atoms with Crippen LogP contribution in [0.5, 0.6) is 5.75 Å². The lowest BCUT2D eigenvalue weighted by atomic mass is 9.84. The number of para-hydroxylation sites is 1. The van der Waals surface area contributed by atoms with Crippen LogP contribution in [-0.2, 0) is 4.74 Å². The zero-order chi connectivity index (χ0) is 13.1. The molecule has 0 amide bonds. The molecule has 2 heteroatoms. The molecule has 1 fully saturated rings. The van der Waals surface area contributed by atoms with Crippen LogP contribution in [0.2, 0.25) is 0 Å². The first-order valence-electron chi connectivity index (χ1n) is 6.75.